The predicted octanol–water partition coefficient (Wildman–Crippen LogP) is 2.92. The predicted molar refractivity (Wildman–Crippen MR) is 75.9 cm³/mol. The molecule has 0 aliphatic heterocycles. The SMILES string of the molecule is CNc1cc(NCC2C(C)(C)C2(C)C)nc(C)n1. The molecule has 4 nitrogen and oxygen atoms in total. The van der Waals surface area contributed by atoms with Gasteiger partial charge in [0.25, 0.3) is 0 Å². The minimum Gasteiger partial charge on any atom is -0.373 e. The van der Waals surface area contributed by atoms with Crippen LogP contribution in [0.3, 0.4) is 0 Å². The highest BCUT2D eigenvalue weighted by atomic mass is 15.1. The highest BCUT2D eigenvalue weighted by molar-refractivity contribution is 5.47. The first-order chi connectivity index (χ1) is 8.29. The van der Waals surface area contributed by atoms with Crippen LogP contribution in [0.4, 0.5) is 11.6 Å². The summed E-state index contributed by atoms with van der Waals surface area (Å²) in [6, 6.07) is 1.95. The van der Waals surface area contributed by atoms with Crippen LogP contribution in [0, 0.1) is 23.7 Å². The van der Waals surface area contributed by atoms with Crippen LogP contribution in [0.1, 0.15) is 33.5 Å². The van der Waals surface area contributed by atoms with Crippen molar-refractivity contribution >= 4 is 11.6 Å². The lowest BCUT2D eigenvalue weighted by molar-refractivity contribution is 0.457. The van der Waals surface area contributed by atoms with Crippen LogP contribution in [0.25, 0.3) is 0 Å². The first-order valence-corrected chi connectivity index (χ1v) is 6.56. The van der Waals surface area contributed by atoms with Crippen LogP contribution in [-0.4, -0.2) is 23.6 Å². The van der Waals surface area contributed by atoms with Gasteiger partial charge in [-0.2, -0.15) is 0 Å². The van der Waals surface area contributed by atoms with Gasteiger partial charge in [0, 0.05) is 19.7 Å². The summed E-state index contributed by atoms with van der Waals surface area (Å²) in [4.78, 5) is 8.70. The van der Waals surface area contributed by atoms with Gasteiger partial charge in [-0.1, -0.05) is 27.7 Å². The van der Waals surface area contributed by atoms with Crippen LogP contribution in [0.5, 0.6) is 0 Å². The molecule has 1 heterocycles. The third-order valence-corrected chi connectivity index (χ3v) is 4.90. The molecule has 0 atom stereocenters. The van der Waals surface area contributed by atoms with E-state index in [4.69, 9.17) is 0 Å². The van der Waals surface area contributed by atoms with E-state index in [-0.39, 0.29) is 0 Å². The molecule has 0 spiro atoms. The van der Waals surface area contributed by atoms with Gasteiger partial charge >= 0.3 is 0 Å². The summed E-state index contributed by atoms with van der Waals surface area (Å²) in [7, 11) is 1.87. The Hall–Kier alpha value is -1.32. The van der Waals surface area contributed by atoms with E-state index in [2.05, 4.69) is 48.3 Å². The molecule has 0 bridgehead atoms. The maximum Gasteiger partial charge on any atom is 0.131 e. The number of hydrogen-bond acceptors (Lipinski definition) is 4. The van der Waals surface area contributed by atoms with E-state index in [1.165, 1.54) is 0 Å². The van der Waals surface area contributed by atoms with Crippen LogP contribution >= 0.6 is 0 Å². The molecule has 1 aromatic heterocycles. The highest BCUT2D eigenvalue weighted by Crippen LogP contribution is 2.68. The van der Waals surface area contributed by atoms with Crippen molar-refractivity contribution in [3.05, 3.63) is 11.9 Å². The first kappa shape index (κ1) is 13.1. The molecule has 18 heavy (non-hydrogen) atoms. The molecular weight excluding hydrogens is 224 g/mol. The second kappa shape index (κ2) is 4.11. The van der Waals surface area contributed by atoms with Crippen molar-refractivity contribution in [1.82, 2.24) is 9.97 Å². The molecular formula is C14H24N4. The van der Waals surface area contributed by atoms with Gasteiger partial charge in [0.15, 0.2) is 0 Å². The lowest BCUT2D eigenvalue weighted by atomic mass is 10.0. The smallest absolute Gasteiger partial charge is 0.131 e. The summed E-state index contributed by atoms with van der Waals surface area (Å²) in [5, 5.41) is 6.50. The van der Waals surface area contributed by atoms with Crippen molar-refractivity contribution in [1.29, 1.82) is 0 Å². The van der Waals surface area contributed by atoms with Gasteiger partial charge in [-0.25, -0.2) is 9.97 Å². The third-order valence-electron chi connectivity index (χ3n) is 4.90. The van der Waals surface area contributed by atoms with E-state index in [0.29, 0.717) is 16.7 Å². The number of nitrogens with zero attached hydrogens (tertiary/aromatic N) is 2. The number of aromatic nitrogens is 2. The Kier molecular flexibility index (Phi) is 2.99. The van der Waals surface area contributed by atoms with E-state index in [9.17, 15) is 0 Å². The molecule has 1 aliphatic rings. The second-order valence-electron chi connectivity index (χ2n) is 6.31. The largest absolute Gasteiger partial charge is 0.373 e. The van der Waals surface area contributed by atoms with Gasteiger partial charge in [0.05, 0.1) is 0 Å². The van der Waals surface area contributed by atoms with E-state index < -0.39 is 0 Å². The van der Waals surface area contributed by atoms with Gasteiger partial charge < -0.3 is 10.6 Å². The molecule has 1 saturated carbocycles. The number of hydrogen-bond donors (Lipinski definition) is 2. The third kappa shape index (κ3) is 2.04. The molecule has 0 aromatic carbocycles. The van der Waals surface area contributed by atoms with Crippen molar-refractivity contribution in [2.24, 2.45) is 16.7 Å². The molecule has 1 fully saturated rings. The minimum atomic E-state index is 0.411. The Morgan fingerprint density at radius 1 is 1.11 bits per heavy atom. The van der Waals surface area contributed by atoms with Crippen molar-refractivity contribution < 1.29 is 0 Å². The number of nitrogens with one attached hydrogen (secondary N) is 2. The number of aryl methyl sites for hydroxylation is 1. The summed E-state index contributed by atoms with van der Waals surface area (Å²) in [5.74, 6) is 3.25. The van der Waals surface area contributed by atoms with Gasteiger partial charge in [0.1, 0.15) is 17.5 Å². The van der Waals surface area contributed by atoms with Gasteiger partial charge in [-0.05, 0) is 23.7 Å². The summed E-state index contributed by atoms with van der Waals surface area (Å²) in [6.45, 7) is 12.2. The van der Waals surface area contributed by atoms with Gasteiger partial charge in [-0.3, -0.25) is 0 Å². The second-order valence-corrected chi connectivity index (χ2v) is 6.31. The van der Waals surface area contributed by atoms with E-state index in [0.717, 1.165) is 24.0 Å². The Morgan fingerprint density at radius 3 is 2.17 bits per heavy atom. The van der Waals surface area contributed by atoms with E-state index in [1.807, 2.05) is 20.0 Å². The van der Waals surface area contributed by atoms with Crippen LogP contribution in [0.2, 0.25) is 0 Å². The molecule has 0 amide bonds. The Balaban J connectivity index is 2.02. The molecule has 1 aromatic rings. The normalized spacial score (nSPS) is 20.6. The van der Waals surface area contributed by atoms with Crippen LogP contribution in [0.15, 0.2) is 6.07 Å². The maximum atomic E-state index is 4.41. The van der Waals surface area contributed by atoms with Crippen molar-refractivity contribution in [2.75, 3.05) is 24.2 Å². The van der Waals surface area contributed by atoms with Crippen molar-refractivity contribution in [2.45, 2.75) is 34.6 Å². The van der Waals surface area contributed by atoms with E-state index >= 15 is 0 Å². The summed E-state index contributed by atoms with van der Waals surface area (Å²) in [5.41, 5.74) is 0.821. The van der Waals surface area contributed by atoms with Crippen molar-refractivity contribution in [3.8, 4) is 0 Å². The molecule has 2 rings (SSSR count). The lowest BCUT2D eigenvalue weighted by Crippen LogP contribution is -2.10. The van der Waals surface area contributed by atoms with Crippen LogP contribution < -0.4 is 10.6 Å². The zero-order valence-electron chi connectivity index (χ0n) is 12.3. The lowest BCUT2D eigenvalue weighted by Gasteiger charge is -2.09. The average molecular weight is 248 g/mol. The Morgan fingerprint density at radius 2 is 1.67 bits per heavy atom. The molecule has 0 unspecified atom stereocenters. The molecule has 0 radical (unpaired) electrons. The monoisotopic (exact) mass is 248 g/mol. The topological polar surface area (TPSA) is 49.8 Å². The molecule has 100 valence electrons. The van der Waals surface area contributed by atoms with Gasteiger partial charge in [-0.15, -0.1) is 0 Å². The Bertz CT molecular complexity index is 437. The first-order valence-electron chi connectivity index (χ1n) is 6.56. The van der Waals surface area contributed by atoms with E-state index in [1.54, 1.807) is 0 Å². The fraction of sp³-hybridized carbons (Fsp3) is 0.714. The highest BCUT2D eigenvalue weighted by Gasteiger charge is 2.64. The maximum absolute atomic E-state index is 4.41. The zero-order chi connectivity index (χ0) is 13.6. The molecule has 0 saturated heterocycles. The molecule has 1 aliphatic carbocycles. The number of rotatable bonds is 4. The summed E-state index contributed by atoms with van der Waals surface area (Å²) in [6.07, 6.45) is 0. The summed E-state index contributed by atoms with van der Waals surface area (Å²) < 4.78 is 0. The zero-order valence-corrected chi connectivity index (χ0v) is 12.3. The average Bonchev–Trinajstić information content (AvgIpc) is 2.66. The minimum absolute atomic E-state index is 0.411. The fourth-order valence-electron chi connectivity index (χ4n) is 2.84. The number of anilines is 2. The van der Waals surface area contributed by atoms with Crippen LogP contribution in [-0.2, 0) is 0 Å². The molecule has 2 N–H and O–H groups in total. The standard InChI is InChI=1S/C14H24N4/c1-9-17-11(15-6)7-12(18-9)16-8-10-13(2,3)14(10,4)5/h7,10H,8H2,1-6H3,(H2,15,16,17,18). The quantitative estimate of drug-likeness (QED) is 0.860. The summed E-state index contributed by atoms with van der Waals surface area (Å²) >= 11 is 0. The fourth-order valence-corrected chi connectivity index (χ4v) is 2.84. The Labute approximate surface area is 110 Å². The molecule has 4 heteroatoms. The van der Waals surface area contributed by atoms with Crippen molar-refractivity contribution in [3.63, 3.8) is 0 Å². The van der Waals surface area contributed by atoms with Gasteiger partial charge in [0.2, 0.25) is 0 Å².